The van der Waals surface area contributed by atoms with Gasteiger partial charge in [-0.1, -0.05) is 23.7 Å². The summed E-state index contributed by atoms with van der Waals surface area (Å²) in [6.07, 6.45) is 1.71. The summed E-state index contributed by atoms with van der Waals surface area (Å²) in [4.78, 5) is 16.4. The van der Waals surface area contributed by atoms with E-state index in [0.29, 0.717) is 17.2 Å². The van der Waals surface area contributed by atoms with Gasteiger partial charge in [0.2, 0.25) is 0 Å². The number of halogens is 2. The largest absolute Gasteiger partial charge is 0.462 e. The fourth-order valence-corrected chi connectivity index (χ4v) is 2.87. The summed E-state index contributed by atoms with van der Waals surface area (Å²) < 4.78 is 7.61. The number of imidazole rings is 1. The molecule has 0 saturated heterocycles. The summed E-state index contributed by atoms with van der Waals surface area (Å²) in [7, 11) is 0. The highest BCUT2D eigenvalue weighted by Gasteiger charge is 2.14. The van der Waals surface area contributed by atoms with Crippen LogP contribution in [-0.4, -0.2) is 22.0 Å². The molecular formula is C16H12BrClN2O2. The van der Waals surface area contributed by atoms with Crippen LogP contribution >= 0.6 is 27.5 Å². The molecule has 2 aromatic heterocycles. The second-order valence-electron chi connectivity index (χ2n) is 4.62. The van der Waals surface area contributed by atoms with Crippen LogP contribution in [0.4, 0.5) is 0 Å². The number of hydrogen-bond acceptors (Lipinski definition) is 3. The molecule has 1 aromatic carbocycles. The second-order valence-corrected chi connectivity index (χ2v) is 5.81. The lowest BCUT2D eigenvalue weighted by atomic mass is 10.2. The van der Waals surface area contributed by atoms with E-state index in [1.165, 1.54) is 0 Å². The maximum atomic E-state index is 11.8. The summed E-state index contributed by atoms with van der Waals surface area (Å²) in [5.74, 6) is -0.349. The molecule has 4 nitrogen and oxygen atoms in total. The Labute approximate surface area is 140 Å². The maximum Gasteiger partial charge on any atom is 0.339 e. The summed E-state index contributed by atoms with van der Waals surface area (Å²) in [5.41, 5.74) is 2.95. The summed E-state index contributed by atoms with van der Waals surface area (Å²) >= 11 is 9.46. The number of rotatable bonds is 3. The quantitative estimate of drug-likeness (QED) is 0.625. The molecule has 0 aliphatic carbocycles. The monoisotopic (exact) mass is 378 g/mol. The Kier molecular flexibility index (Phi) is 4.18. The molecule has 0 aliphatic heterocycles. The third kappa shape index (κ3) is 2.74. The van der Waals surface area contributed by atoms with E-state index in [1.54, 1.807) is 25.3 Å². The molecule has 0 saturated carbocycles. The number of benzene rings is 1. The van der Waals surface area contributed by atoms with E-state index in [2.05, 4.69) is 20.9 Å². The molecule has 112 valence electrons. The molecule has 0 aliphatic rings. The minimum atomic E-state index is -0.349. The molecule has 0 fully saturated rings. The molecule has 2 heterocycles. The molecule has 0 unspecified atom stereocenters. The number of carbonyl (C=O) groups excluding carboxylic acids is 1. The number of nitrogens with zero attached hydrogens (tertiary/aromatic N) is 2. The van der Waals surface area contributed by atoms with Crippen LogP contribution in [0.3, 0.4) is 0 Å². The van der Waals surface area contributed by atoms with Gasteiger partial charge in [-0.15, -0.1) is 0 Å². The molecule has 0 radical (unpaired) electrons. The van der Waals surface area contributed by atoms with Gasteiger partial charge in [0.1, 0.15) is 15.9 Å². The lowest BCUT2D eigenvalue weighted by Gasteiger charge is -2.03. The Hall–Kier alpha value is -1.85. The molecular weight excluding hydrogens is 368 g/mol. The van der Waals surface area contributed by atoms with E-state index in [0.717, 1.165) is 21.5 Å². The van der Waals surface area contributed by atoms with Crippen molar-refractivity contribution in [3.8, 4) is 11.3 Å². The first-order chi connectivity index (χ1) is 10.6. The van der Waals surface area contributed by atoms with Crippen molar-refractivity contribution in [1.29, 1.82) is 0 Å². The predicted molar refractivity (Wildman–Crippen MR) is 89.3 cm³/mol. The molecule has 0 amide bonds. The normalized spacial score (nSPS) is 10.9. The number of aromatic nitrogens is 2. The summed E-state index contributed by atoms with van der Waals surface area (Å²) in [5, 5.41) is 0.674. The fourth-order valence-electron chi connectivity index (χ4n) is 2.14. The summed E-state index contributed by atoms with van der Waals surface area (Å²) in [6, 6.07) is 10.9. The van der Waals surface area contributed by atoms with Gasteiger partial charge in [-0.2, -0.15) is 0 Å². The van der Waals surface area contributed by atoms with Gasteiger partial charge in [0.05, 0.1) is 12.2 Å². The van der Waals surface area contributed by atoms with Crippen LogP contribution in [0.2, 0.25) is 5.02 Å². The molecule has 3 rings (SSSR count). The first-order valence-corrected chi connectivity index (χ1v) is 7.88. The topological polar surface area (TPSA) is 43.6 Å². The molecule has 3 aromatic rings. The van der Waals surface area contributed by atoms with Crippen LogP contribution in [0, 0.1) is 0 Å². The maximum absolute atomic E-state index is 11.8. The van der Waals surface area contributed by atoms with Gasteiger partial charge in [0.25, 0.3) is 0 Å². The van der Waals surface area contributed by atoms with Crippen molar-refractivity contribution >= 4 is 39.1 Å². The highest BCUT2D eigenvalue weighted by molar-refractivity contribution is 9.10. The Balaban J connectivity index is 2.09. The smallest absolute Gasteiger partial charge is 0.339 e. The van der Waals surface area contributed by atoms with Crippen LogP contribution < -0.4 is 0 Å². The standard InChI is InChI=1S/C16H12BrClN2O2/c1-2-22-16(21)11-5-8-13-19-14(15(17)20(13)9-11)10-3-6-12(18)7-4-10/h3-9H,2H2,1H3. The van der Waals surface area contributed by atoms with Crippen LogP contribution in [0.5, 0.6) is 0 Å². The number of carbonyl (C=O) groups is 1. The van der Waals surface area contributed by atoms with Crippen molar-refractivity contribution in [3.63, 3.8) is 0 Å². The van der Waals surface area contributed by atoms with Gasteiger partial charge in [0, 0.05) is 16.8 Å². The molecule has 22 heavy (non-hydrogen) atoms. The van der Waals surface area contributed by atoms with Crippen molar-refractivity contribution in [3.05, 3.63) is 57.8 Å². The lowest BCUT2D eigenvalue weighted by Crippen LogP contribution is -2.05. The van der Waals surface area contributed by atoms with Gasteiger partial charge >= 0.3 is 5.97 Å². The van der Waals surface area contributed by atoms with Gasteiger partial charge < -0.3 is 4.74 Å². The zero-order chi connectivity index (χ0) is 15.7. The average Bonchev–Trinajstić information content (AvgIpc) is 2.85. The number of pyridine rings is 1. The lowest BCUT2D eigenvalue weighted by molar-refractivity contribution is 0.0526. The Morgan fingerprint density at radius 1 is 1.27 bits per heavy atom. The molecule has 0 atom stereocenters. The van der Waals surface area contributed by atoms with Crippen molar-refractivity contribution in [1.82, 2.24) is 9.38 Å². The number of ether oxygens (including phenoxy) is 1. The van der Waals surface area contributed by atoms with Crippen LogP contribution in [-0.2, 0) is 4.74 Å². The zero-order valence-corrected chi connectivity index (χ0v) is 14.1. The Morgan fingerprint density at radius 2 is 2.00 bits per heavy atom. The second kappa shape index (κ2) is 6.10. The third-order valence-corrected chi connectivity index (χ3v) is 4.20. The Bertz CT molecular complexity index is 843. The van der Waals surface area contributed by atoms with E-state index in [4.69, 9.17) is 16.3 Å². The van der Waals surface area contributed by atoms with Gasteiger partial charge in [0.15, 0.2) is 0 Å². The van der Waals surface area contributed by atoms with Crippen LogP contribution in [0.15, 0.2) is 47.2 Å². The van der Waals surface area contributed by atoms with E-state index in [-0.39, 0.29) is 5.97 Å². The SMILES string of the molecule is CCOC(=O)c1ccc2nc(-c3ccc(Cl)cc3)c(Br)n2c1. The molecule has 0 spiro atoms. The van der Waals surface area contributed by atoms with E-state index < -0.39 is 0 Å². The van der Waals surface area contributed by atoms with Crippen molar-refractivity contribution < 1.29 is 9.53 Å². The third-order valence-electron chi connectivity index (χ3n) is 3.19. The number of hydrogen-bond donors (Lipinski definition) is 0. The Morgan fingerprint density at radius 3 is 2.68 bits per heavy atom. The van der Waals surface area contributed by atoms with E-state index in [1.807, 2.05) is 28.7 Å². The van der Waals surface area contributed by atoms with Crippen molar-refractivity contribution in [2.24, 2.45) is 0 Å². The van der Waals surface area contributed by atoms with E-state index >= 15 is 0 Å². The summed E-state index contributed by atoms with van der Waals surface area (Å²) in [6.45, 7) is 2.13. The van der Waals surface area contributed by atoms with Gasteiger partial charge in [-0.05, 0) is 47.1 Å². The van der Waals surface area contributed by atoms with Crippen molar-refractivity contribution in [2.45, 2.75) is 6.92 Å². The average molecular weight is 380 g/mol. The van der Waals surface area contributed by atoms with E-state index in [9.17, 15) is 4.79 Å². The highest BCUT2D eigenvalue weighted by Crippen LogP contribution is 2.29. The fraction of sp³-hybridized carbons (Fsp3) is 0.125. The van der Waals surface area contributed by atoms with Crippen molar-refractivity contribution in [2.75, 3.05) is 6.61 Å². The molecule has 0 bridgehead atoms. The van der Waals surface area contributed by atoms with Crippen LogP contribution in [0.25, 0.3) is 16.9 Å². The predicted octanol–water partition coefficient (Wildman–Crippen LogP) is 4.59. The van der Waals surface area contributed by atoms with Gasteiger partial charge in [-0.3, -0.25) is 4.40 Å². The molecule has 0 N–H and O–H groups in total. The minimum Gasteiger partial charge on any atom is -0.462 e. The zero-order valence-electron chi connectivity index (χ0n) is 11.7. The minimum absolute atomic E-state index is 0.345. The highest BCUT2D eigenvalue weighted by atomic mass is 79.9. The number of fused-ring (bicyclic) bond motifs is 1. The first-order valence-electron chi connectivity index (χ1n) is 6.71. The first kappa shape index (κ1) is 15.1. The number of esters is 1. The molecule has 6 heteroatoms. The van der Waals surface area contributed by atoms with Gasteiger partial charge in [-0.25, -0.2) is 9.78 Å². The van der Waals surface area contributed by atoms with Crippen LogP contribution in [0.1, 0.15) is 17.3 Å².